The molecule has 0 atom stereocenters. The lowest BCUT2D eigenvalue weighted by molar-refractivity contribution is 1.58. The van der Waals surface area contributed by atoms with E-state index in [1.165, 1.54) is 0 Å². The predicted octanol–water partition coefficient (Wildman–Crippen LogP) is 3.12. The summed E-state index contributed by atoms with van der Waals surface area (Å²) in [6, 6.07) is 0. The average molecular weight is 161 g/mol. The highest BCUT2D eigenvalue weighted by Gasteiger charge is 1.59. The van der Waals surface area contributed by atoms with Gasteiger partial charge in [-0.3, -0.25) is 0 Å². The maximum Gasteiger partial charge on any atom is 0 e. The second-order valence-corrected chi connectivity index (χ2v) is 2.10. The van der Waals surface area contributed by atoms with Crippen LogP contribution in [0, 0.1) is 0 Å². The van der Waals surface area contributed by atoms with E-state index in [1.54, 1.807) is 12.2 Å². The third-order valence-electron chi connectivity index (χ3n) is 0.697. The van der Waals surface area contributed by atoms with E-state index >= 15 is 0 Å². The van der Waals surface area contributed by atoms with Crippen LogP contribution in [0.3, 0.4) is 0 Å². The quantitative estimate of drug-likeness (QED) is 0.430. The Balaban J connectivity index is -0.000000107. The van der Waals surface area contributed by atoms with Crippen molar-refractivity contribution in [3.8, 4) is 0 Å². The van der Waals surface area contributed by atoms with Gasteiger partial charge in [0.2, 0.25) is 0 Å². The molecular formula is C10H16Mg. The normalized spacial score (nSPS) is 6.00. The molecule has 1 heteroatoms. The van der Waals surface area contributed by atoms with E-state index in [0.717, 1.165) is 11.1 Å². The average Bonchev–Trinajstić information content (AvgIpc) is 1.89. The SMILES string of the molecule is C=CC(=C)C.C=CC(=C)C.[Mg]. The highest BCUT2D eigenvalue weighted by molar-refractivity contribution is 5.75. The molecule has 0 aliphatic rings. The Bertz CT molecular complexity index is 125. The summed E-state index contributed by atoms with van der Waals surface area (Å²) >= 11 is 0. The molecule has 0 aromatic heterocycles. The summed E-state index contributed by atoms with van der Waals surface area (Å²) in [6.07, 6.45) is 3.44. The van der Waals surface area contributed by atoms with Gasteiger partial charge in [-0.25, -0.2) is 0 Å². The van der Waals surface area contributed by atoms with Crippen molar-refractivity contribution in [1.82, 2.24) is 0 Å². The van der Waals surface area contributed by atoms with Gasteiger partial charge in [-0.1, -0.05) is 49.6 Å². The van der Waals surface area contributed by atoms with Crippen molar-refractivity contribution in [1.29, 1.82) is 0 Å². The van der Waals surface area contributed by atoms with Gasteiger partial charge < -0.3 is 0 Å². The number of hydrogen-bond acceptors (Lipinski definition) is 0. The maximum absolute atomic E-state index is 3.56. The molecular weight excluding hydrogens is 144 g/mol. The zero-order valence-electron chi connectivity index (χ0n) is 7.69. The molecule has 0 spiro atoms. The Hall–Kier alpha value is -0.274. The van der Waals surface area contributed by atoms with Crippen LogP contribution in [0.25, 0.3) is 0 Å². The molecule has 0 aliphatic carbocycles. The highest BCUT2D eigenvalue weighted by atomic mass is 24.3. The van der Waals surface area contributed by atoms with E-state index in [1.807, 2.05) is 13.8 Å². The summed E-state index contributed by atoms with van der Waals surface area (Å²) < 4.78 is 0. The van der Waals surface area contributed by atoms with Crippen molar-refractivity contribution < 1.29 is 0 Å². The van der Waals surface area contributed by atoms with Gasteiger partial charge in [0.25, 0.3) is 0 Å². The smallest absolute Gasteiger partial charge is 0 e. The summed E-state index contributed by atoms with van der Waals surface area (Å²) in [7, 11) is 0. The molecule has 0 aliphatic heterocycles. The first-order valence-electron chi connectivity index (χ1n) is 3.10. The minimum Gasteiger partial charge on any atom is -0.0988 e. The summed E-state index contributed by atoms with van der Waals surface area (Å²) in [4.78, 5) is 0. The number of rotatable bonds is 2. The molecule has 0 fully saturated rings. The van der Waals surface area contributed by atoms with Gasteiger partial charge in [-0.15, -0.1) is 0 Å². The van der Waals surface area contributed by atoms with Gasteiger partial charge in [0.15, 0.2) is 0 Å². The van der Waals surface area contributed by atoms with Gasteiger partial charge in [-0.2, -0.15) is 0 Å². The fraction of sp³-hybridized carbons (Fsp3) is 0.200. The minimum absolute atomic E-state index is 0. The molecule has 0 saturated carbocycles. The molecule has 0 N–H and O–H groups in total. The first-order valence-corrected chi connectivity index (χ1v) is 3.10. The molecule has 0 aromatic rings. The Morgan fingerprint density at radius 3 is 1.00 bits per heavy atom. The van der Waals surface area contributed by atoms with E-state index in [0.29, 0.717) is 0 Å². The van der Waals surface area contributed by atoms with Gasteiger partial charge in [-0.05, 0) is 13.8 Å². The fourth-order valence-corrected chi connectivity index (χ4v) is 0. The third-order valence-corrected chi connectivity index (χ3v) is 0.697. The Morgan fingerprint density at radius 2 is 1.00 bits per heavy atom. The van der Waals surface area contributed by atoms with Crippen LogP contribution in [0.15, 0.2) is 49.6 Å². The molecule has 0 aromatic carbocycles. The lowest BCUT2D eigenvalue weighted by atomic mass is 10.4. The second-order valence-electron chi connectivity index (χ2n) is 2.10. The van der Waals surface area contributed by atoms with E-state index in [9.17, 15) is 0 Å². The lowest BCUT2D eigenvalue weighted by Crippen LogP contribution is -1.50. The van der Waals surface area contributed by atoms with Crippen molar-refractivity contribution in [3.63, 3.8) is 0 Å². The van der Waals surface area contributed by atoms with Crippen molar-refractivity contribution in [2.45, 2.75) is 13.8 Å². The Labute approximate surface area is 86.5 Å². The Morgan fingerprint density at radius 1 is 0.909 bits per heavy atom. The first kappa shape index (κ1) is 17.0. The van der Waals surface area contributed by atoms with Crippen LogP contribution in [-0.2, 0) is 0 Å². The standard InChI is InChI=1S/2C5H8.Mg/c2*1-4-5(2)3;/h2*4H,1-2H2,3H3;. The summed E-state index contributed by atoms with van der Waals surface area (Å²) in [5.74, 6) is 0. The molecule has 0 saturated heterocycles. The molecule has 0 unspecified atom stereocenters. The van der Waals surface area contributed by atoms with Gasteiger partial charge >= 0.3 is 0 Å². The van der Waals surface area contributed by atoms with Crippen LogP contribution in [0.4, 0.5) is 0 Å². The minimum atomic E-state index is 0. The summed E-state index contributed by atoms with van der Waals surface area (Å²) in [5, 5.41) is 0. The summed E-state index contributed by atoms with van der Waals surface area (Å²) in [6.45, 7) is 17.9. The molecule has 0 heterocycles. The topological polar surface area (TPSA) is 0 Å². The van der Waals surface area contributed by atoms with Crippen LogP contribution in [0.1, 0.15) is 13.8 Å². The fourth-order valence-electron chi connectivity index (χ4n) is 0. The van der Waals surface area contributed by atoms with Crippen LogP contribution in [0.5, 0.6) is 0 Å². The molecule has 0 bridgehead atoms. The Kier molecular flexibility index (Phi) is 19.2. The van der Waals surface area contributed by atoms with Crippen molar-refractivity contribution >= 4 is 23.1 Å². The molecule has 0 amide bonds. The molecule has 0 nitrogen and oxygen atoms in total. The molecule has 0 rings (SSSR count). The van der Waals surface area contributed by atoms with Gasteiger partial charge in [0.1, 0.15) is 0 Å². The van der Waals surface area contributed by atoms with Gasteiger partial charge in [0.05, 0.1) is 0 Å². The first-order chi connectivity index (χ1) is 4.54. The van der Waals surface area contributed by atoms with E-state index in [4.69, 9.17) is 0 Å². The third kappa shape index (κ3) is 41.8. The van der Waals surface area contributed by atoms with E-state index < -0.39 is 0 Å². The zero-order chi connectivity index (χ0) is 8.57. The van der Waals surface area contributed by atoms with Crippen LogP contribution >= 0.6 is 0 Å². The lowest BCUT2D eigenvalue weighted by Gasteiger charge is -1.71. The van der Waals surface area contributed by atoms with Crippen molar-refractivity contribution in [2.75, 3.05) is 0 Å². The van der Waals surface area contributed by atoms with Crippen LogP contribution in [-0.4, -0.2) is 23.1 Å². The van der Waals surface area contributed by atoms with Crippen molar-refractivity contribution in [3.05, 3.63) is 49.6 Å². The van der Waals surface area contributed by atoms with Crippen molar-refractivity contribution in [2.24, 2.45) is 0 Å². The zero-order valence-corrected chi connectivity index (χ0v) is 9.10. The van der Waals surface area contributed by atoms with E-state index in [-0.39, 0.29) is 23.1 Å². The van der Waals surface area contributed by atoms with Gasteiger partial charge in [0, 0.05) is 23.1 Å². The number of hydrogen-bond donors (Lipinski definition) is 0. The largest absolute Gasteiger partial charge is 0.0988 e. The predicted molar refractivity (Wildman–Crippen MR) is 55.8 cm³/mol. The monoisotopic (exact) mass is 160 g/mol. The molecule has 11 heavy (non-hydrogen) atoms. The molecule has 2 radical (unpaired) electrons. The maximum atomic E-state index is 3.56. The second kappa shape index (κ2) is 12.4. The van der Waals surface area contributed by atoms with Crippen LogP contribution in [0.2, 0.25) is 0 Å². The van der Waals surface area contributed by atoms with E-state index in [2.05, 4.69) is 26.3 Å². The van der Waals surface area contributed by atoms with Crippen LogP contribution < -0.4 is 0 Å². The summed E-state index contributed by atoms with van der Waals surface area (Å²) in [5.41, 5.74) is 2.04. The molecule has 58 valence electrons. The highest BCUT2D eigenvalue weighted by Crippen LogP contribution is 1.81. The number of allylic oxidation sites excluding steroid dienone is 4.